The average Bonchev–Trinajstić information content (AvgIpc) is 3.97. The number of hydrogen-bond donors (Lipinski definition) is 0. The van der Waals surface area contributed by atoms with Crippen molar-refractivity contribution in [3.63, 3.8) is 0 Å². The molecular weight excluding hydrogens is 765 g/mol. The Labute approximate surface area is 353 Å². The van der Waals surface area contributed by atoms with Crippen molar-refractivity contribution in [1.82, 2.24) is 19.1 Å². The first-order valence-electron chi connectivity index (χ1n) is 20.0. The van der Waals surface area contributed by atoms with Crippen molar-refractivity contribution in [1.29, 1.82) is 5.26 Å². The molecule has 12 aromatic rings. The lowest BCUT2D eigenvalue weighted by atomic mass is 9.99. The van der Waals surface area contributed by atoms with Gasteiger partial charge in [-0.15, -0.1) is 11.3 Å². The minimum absolute atomic E-state index is 0.356. The van der Waals surface area contributed by atoms with E-state index in [9.17, 15) is 5.26 Å². The summed E-state index contributed by atoms with van der Waals surface area (Å²) < 4.78 is 6.89. The quantitative estimate of drug-likeness (QED) is 0.163. The van der Waals surface area contributed by atoms with Crippen LogP contribution < -0.4 is 0 Å². The second-order valence-corrected chi connectivity index (χ2v) is 16.2. The molecule has 282 valence electrons. The van der Waals surface area contributed by atoms with Crippen LogP contribution in [-0.4, -0.2) is 19.1 Å². The van der Waals surface area contributed by atoms with Crippen LogP contribution in [0.2, 0.25) is 0 Å². The first kappa shape index (κ1) is 34.7. The third kappa shape index (κ3) is 5.32. The van der Waals surface area contributed by atoms with E-state index in [1.54, 1.807) is 11.3 Å². The third-order valence-electron chi connectivity index (χ3n) is 11.8. The second kappa shape index (κ2) is 13.6. The number of aromatic nitrogens is 4. The molecule has 0 atom stereocenters. The fourth-order valence-electron chi connectivity index (χ4n) is 9.07. The largest absolute Gasteiger partial charge is 0.319 e. The summed E-state index contributed by atoms with van der Waals surface area (Å²) in [5.41, 5.74) is 10.2. The summed E-state index contributed by atoms with van der Waals surface area (Å²) in [6, 6.07) is 64.9. The number of benzene rings is 8. The van der Waals surface area contributed by atoms with Crippen molar-refractivity contribution < 1.29 is 0 Å². The molecule has 4 heterocycles. The fourth-order valence-corrected chi connectivity index (χ4v) is 10.2. The summed E-state index contributed by atoms with van der Waals surface area (Å²) in [5, 5.41) is 17.8. The van der Waals surface area contributed by atoms with Gasteiger partial charge in [0.2, 0.25) is 5.69 Å². The number of hydrogen-bond acceptors (Lipinski definition) is 4. The van der Waals surface area contributed by atoms with Gasteiger partial charge in [-0.05, 0) is 66.2 Å². The van der Waals surface area contributed by atoms with Gasteiger partial charge >= 0.3 is 0 Å². The van der Waals surface area contributed by atoms with Crippen LogP contribution in [0.15, 0.2) is 182 Å². The van der Waals surface area contributed by atoms with Gasteiger partial charge in [0.15, 0.2) is 5.82 Å². The Hall–Kier alpha value is -8.36. The summed E-state index contributed by atoms with van der Waals surface area (Å²) in [4.78, 5) is 14.4. The van der Waals surface area contributed by atoms with Gasteiger partial charge in [0.25, 0.3) is 0 Å². The smallest absolute Gasteiger partial charge is 0.211 e. The Morgan fingerprint density at radius 3 is 1.79 bits per heavy atom. The van der Waals surface area contributed by atoms with Crippen LogP contribution in [0.1, 0.15) is 5.56 Å². The molecule has 0 N–H and O–H groups in total. The first-order valence-corrected chi connectivity index (χ1v) is 20.8. The zero-order valence-corrected chi connectivity index (χ0v) is 33.2. The normalized spacial score (nSPS) is 11.6. The minimum Gasteiger partial charge on any atom is -0.319 e. The predicted octanol–water partition coefficient (Wildman–Crippen LogP) is 14.5. The molecule has 0 saturated heterocycles. The van der Waals surface area contributed by atoms with Gasteiger partial charge in [-0.1, -0.05) is 121 Å². The van der Waals surface area contributed by atoms with Gasteiger partial charge in [0.05, 0.1) is 45.7 Å². The summed E-state index contributed by atoms with van der Waals surface area (Å²) >= 11 is 1.74. The molecule has 0 fully saturated rings. The fraction of sp³-hybridized carbons (Fsp3) is 0. The maximum atomic E-state index is 10.8. The van der Waals surface area contributed by atoms with Crippen molar-refractivity contribution >= 4 is 80.8 Å². The summed E-state index contributed by atoms with van der Waals surface area (Å²) in [7, 11) is 0. The van der Waals surface area contributed by atoms with Crippen LogP contribution in [0.5, 0.6) is 0 Å². The number of para-hydroxylation sites is 3. The highest BCUT2D eigenvalue weighted by Gasteiger charge is 2.23. The van der Waals surface area contributed by atoms with Gasteiger partial charge in [0, 0.05) is 58.5 Å². The van der Waals surface area contributed by atoms with Gasteiger partial charge in [-0.3, -0.25) is 0 Å². The Morgan fingerprint density at radius 1 is 0.475 bits per heavy atom. The molecule has 61 heavy (non-hydrogen) atoms. The summed E-state index contributed by atoms with van der Waals surface area (Å²) in [5.74, 6) is 0.515. The summed E-state index contributed by atoms with van der Waals surface area (Å²) in [6.07, 6.45) is 0. The SMILES string of the molecule is [C-]#[N+]c1cc(-c2nc(-c3ccc4c(c3)sc3ccccc34)nc(-c3ccccc3)c2C#N)ccc1-n1c2ccccc2c2cc3c4ccccc4n(-c4ccccc4)c3cc21. The number of rotatable bonds is 5. The van der Waals surface area contributed by atoms with Crippen molar-refractivity contribution in [3.8, 4) is 51.3 Å². The van der Waals surface area contributed by atoms with Crippen molar-refractivity contribution in [2.45, 2.75) is 0 Å². The van der Waals surface area contributed by atoms with E-state index in [2.05, 4.69) is 141 Å². The molecule has 0 radical (unpaired) electrons. The first-order chi connectivity index (χ1) is 30.2. The van der Waals surface area contributed by atoms with Gasteiger partial charge in [-0.25, -0.2) is 14.8 Å². The highest BCUT2D eigenvalue weighted by Crippen LogP contribution is 2.43. The summed E-state index contributed by atoms with van der Waals surface area (Å²) in [6.45, 7) is 8.60. The second-order valence-electron chi connectivity index (χ2n) is 15.1. The number of thiophene rings is 1. The lowest BCUT2D eigenvalue weighted by Crippen LogP contribution is -2.01. The maximum absolute atomic E-state index is 10.8. The van der Waals surface area contributed by atoms with Gasteiger partial charge in [-0.2, -0.15) is 5.26 Å². The molecule has 8 aromatic carbocycles. The Balaban J connectivity index is 1.08. The molecule has 12 rings (SSSR count). The number of nitrogens with zero attached hydrogens (tertiary/aromatic N) is 6. The molecule has 0 saturated carbocycles. The van der Waals surface area contributed by atoms with Gasteiger partial charge < -0.3 is 9.13 Å². The minimum atomic E-state index is 0.356. The number of fused-ring (bicyclic) bond motifs is 9. The van der Waals surface area contributed by atoms with Crippen LogP contribution >= 0.6 is 11.3 Å². The van der Waals surface area contributed by atoms with E-state index in [1.165, 1.54) is 26.2 Å². The molecule has 0 spiro atoms. The standard InChI is InChI=1S/C54H30N6S/c1-56-44-28-34(53-43(32-55)52(33-14-4-2-5-15-33)57-54(58-53)35-24-26-40-39-20-10-13-23-50(39)61-51(40)29-35)25-27-47(44)60-46-22-12-9-19-38(46)42-30-41-37-18-8-11-21-45(37)59(48(41)31-49(42)60)36-16-6-3-7-17-36/h2-31H. The molecule has 0 unspecified atom stereocenters. The van der Waals surface area contributed by atoms with Crippen LogP contribution in [0, 0.1) is 17.9 Å². The Morgan fingerprint density at radius 2 is 1.07 bits per heavy atom. The number of nitriles is 1. The molecule has 0 aliphatic carbocycles. The molecule has 0 aliphatic rings. The van der Waals surface area contributed by atoms with E-state index in [4.69, 9.17) is 16.5 Å². The van der Waals surface area contributed by atoms with E-state index < -0.39 is 0 Å². The van der Waals surface area contributed by atoms with E-state index in [0.717, 1.165) is 60.0 Å². The van der Waals surface area contributed by atoms with Crippen LogP contribution in [0.3, 0.4) is 0 Å². The predicted molar refractivity (Wildman–Crippen MR) is 251 cm³/mol. The van der Waals surface area contributed by atoms with Crippen molar-refractivity contribution in [2.75, 3.05) is 0 Å². The molecule has 0 aliphatic heterocycles. The highest BCUT2D eigenvalue weighted by molar-refractivity contribution is 7.25. The van der Waals surface area contributed by atoms with E-state index in [1.807, 2.05) is 60.7 Å². The topological polar surface area (TPSA) is 63.8 Å². The van der Waals surface area contributed by atoms with Crippen LogP contribution in [0.4, 0.5) is 5.69 Å². The maximum Gasteiger partial charge on any atom is 0.211 e. The lowest BCUT2D eigenvalue weighted by molar-refractivity contribution is 1.16. The van der Waals surface area contributed by atoms with Crippen molar-refractivity contribution in [3.05, 3.63) is 199 Å². The monoisotopic (exact) mass is 794 g/mol. The van der Waals surface area contributed by atoms with E-state index in [-0.39, 0.29) is 0 Å². The third-order valence-corrected chi connectivity index (χ3v) is 12.9. The Bertz CT molecular complexity index is 3840. The molecule has 7 heteroatoms. The van der Waals surface area contributed by atoms with E-state index in [0.29, 0.717) is 34.0 Å². The zero-order valence-electron chi connectivity index (χ0n) is 32.4. The highest BCUT2D eigenvalue weighted by atomic mass is 32.1. The molecule has 6 nitrogen and oxygen atoms in total. The van der Waals surface area contributed by atoms with E-state index >= 15 is 0 Å². The molecular formula is C54H30N6S. The van der Waals surface area contributed by atoms with Crippen molar-refractivity contribution in [2.24, 2.45) is 0 Å². The van der Waals surface area contributed by atoms with Gasteiger partial charge in [0.1, 0.15) is 11.6 Å². The van der Waals surface area contributed by atoms with Crippen LogP contribution in [-0.2, 0) is 0 Å². The molecule has 0 amide bonds. The van der Waals surface area contributed by atoms with Crippen LogP contribution in [0.25, 0.3) is 114 Å². The lowest BCUT2D eigenvalue weighted by Gasteiger charge is -2.15. The average molecular weight is 795 g/mol. The molecule has 4 aromatic heterocycles. The zero-order chi connectivity index (χ0) is 40.6. The Kier molecular flexibility index (Phi) is 7.73. The molecule has 0 bridgehead atoms.